The summed E-state index contributed by atoms with van der Waals surface area (Å²) >= 11 is 0. The molecule has 5 nitrogen and oxygen atoms in total. The van der Waals surface area contributed by atoms with E-state index in [1.165, 1.54) is 44.3 Å². The first kappa shape index (κ1) is 21.1. The van der Waals surface area contributed by atoms with Crippen molar-refractivity contribution in [1.29, 1.82) is 0 Å². The quantitative estimate of drug-likeness (QED) is 0.583. The largest absolute Gasteiger partial charge is 0.357 e. The molecule has 2 aliphatic heterocycles. The van der Waals surface area contributed by atoms with Crippen LogP contribution in [0.15, 0.2) is 35.3 Å². The molecule has 2 aliphatic rings. The first-order chi connectivity index (χ1) is 13.7. The van der Waals surface area contributed by atoms with Crippen molar-refractivity contribution >= 4 is 5.96 Å². The molecule has 2 N–H and O–H groups in total. The number of benzene rings is 1. The number of hydrogen-bond donors (Lipinski definition) is 2. The molecule has 0 bridgehead atoms. The average molecular weight is 386 g/mol. The third-order valence-electron chi connectivity index (χ3n) is 6.27. The number of guanidine groups is 1. The molecule has 0 saturated carbocycles. The molecule has 0 radical (unpaired) electrons. The molecule has 2 fully saturated rings. The van der Waals surface area contributed by atoms with Crippen molar-refractivity contribution in [2.45, 2.75) is 51.6 Å². The van der Waals surface area contributed by atoms with Crippen molar-refractivity contribution in [3.63, 3.8) is 0 Å². The second-order valence-electron chi connectivity index (χ2n) is 8.53. The number of aliphatic imine (C=N–C) groups is 1. The van der Waals surface area contributed by atoms with E-state index < -0.39 is 0 Å². The van der Waals surface area contributed by atoms with Gasteiger partial charge in [0.25, 0.3) is 0 Å². The zero-order valence-corrected chi connectivity index (χ0v) is 18.0. The molecule has 2 unspecified atom stereocenters. The van der Waals surface area contributed by atoms with E-state index in [4.69, 9.17) is 4.99 Å². The summed E-state index contributed by atoms with van der Waals surface area (Å²) in [6, 6.07) is 11.9. The zero-order valence-electron chi connectivity index (χ0n) is 18.0. The Labute approximate surface area is 171 Å². The topological polar surface area (TPSA) is 42.9 Å². The standard InChI is InChI=1S/C23H39N5/c1-4-24-23(25-17-20-9-8-14-27(3)18-20)26-22-12-15-28(16-13-22)19(2)21-10-6-5-7-11-21/h5-7,10-11,19-20,22H,4,8-9,12-18H2,1-3H3,(H2,24,25,26). The molecule has 2 saturated heterocycles. The lowest BCUT2D eigenvalue weighted by atomic mass is 9.99. The van der Waals surface area contributed by atoms with Gasteiger partial charge in [-0.3, -0.25) is 9.89 Å². The Morgan fingerprint density at radius 3 is 2.57 bits per heavy atom. The molecule has 0 aliphatic carbocycles. The lowest BCUT2D eigenvalue weighted by Crippen LogP contribution is -2.49. The molecule has 28 heavy (non-hydrogen) atoms. The van der Waals surface area contributed by atoms with Crippen molar-refractivity contribution in [2.24, 2.45) is 10.9 Å². The summed E-state index contributed by atoms with van der Waals surface area (Å²) in [5.74, 6) is 1.70. The summed E-state index contributed by atoms with van der Waals surface area (Å²) < 4.78 is 0. The van der Waals surface area contributed by atoms with Gasteiger partial charge in [0.05, 0.1) is 0 Å². The van der Waals surface area contributed by atoms with Crippen LogP contribution in [0.3, 0.4) is 0 Å². The lowest BCUT2D eigenvalue weighted by Gasteiger charge is -2.37. The van der Waals surface area contributed by atoms with Gasteiger partial charge in [0.1, 0.15) is 0 Å². The van der Waals surface area contributed by atoms with E-state index in [1.807, 2.05) is 0 Å². The Balaban J connectivity index is 1.47. The van der Waals surface area contributed by atoms with Crippen molar-refractivity contribution in [2.75, 3.05) is 46.3 Å². The molecule has 3 rings (SSSR count). The maximum absolute atomic E-state index is 4.92. The van der Waals surface area contributed by atoms with Gasteiger partial charge in [-0.15, -0.1) is 0 Å². The van der Waals surface area contributed by atoms with Crippen LogP contribution in [0.4, 0.5) is 0 Å². The van der Waals surface area contributed by atoms with Crippen molar-refractivity contribution in [3.8, 4) is 0 Å². The molecular weight excluding hydrogens is 346 g/mol. The summed E-state index contributed by atoms with van der Waals surface area (Å²) in [5, 5.41) is 7.16. The second-order valence-corrected chi connectivity index (χ2v) is 8.53. The van der Waals surface area contributed by atoms with Gasteiger partial charge in [0.2, 0.25) is 0 Å². The number of nitrogens with one attached hydrogen (secondary N) is 2. The summed E-state index contributed by atoms with van der Waals surface area (Å²) in [6.45, 7) is 11.0. The summed E-state index contributed by atoms with van der Waals surface area (Å²) in [7, 11) is 2.23. The third-order valence-corrected chi connectivity index (χ3v) is 6.27. The number of hydrogen-bond acceptors (Lipinski definition) is 3. The molecule has 0 amide bonds. The smallest absolute Gasteiger partial charge is 0.191 e. The second kappa shape index (κ2) is 10.8. The van der Waals surface area contributed by atoms with Crippen LogP contribution in [0.25, 0.3) is 0 Å². The minimum absolute atomic E-state index is 0.493. The Morgan fingerprint density at radius 2 is 1.89 bits per heavy atom. The Kier molecular flexibility index (Phi) is 8.16. The van der Waals surface area contributed by atoms with Gasteiger partial charge in [-0.05, 0) is 64.6 Å². The fourth-order valence-corrected chi connectivity index (χ4v) is 4.53. The Morgan fingerprint density at radius 1 is 1.14 bits per heavy atom. The summed E-state index contributed by atoms with van der Waals surface area (Å²) in [6.07, 6.45) is 4.96. The van der Waals surface area contributed by atoms with Crippen LogP contribution in [-0.4, -0.2) is 68.1 Å². The van der Waals surface area contributed by atoms with Gasteiger partial charge < -0.3 is 15.5 Å². The molecule has 5 heteroatoms. The summed E-state index contributed by atoms with van der Waals surface area (Å²) in [5.41, 5.74) is 1.42. The van der Waals surface area contributed by atoms with Crippen LogP contribution in [0.1, 0.15) is 51.1 Å². The zero-order chi connectivity index (χ0) is 19.8. The van der Waals surface area contributed by atoms with Crippen molar-refractivity contribution < 1.29 is 0 Å². The van der Waals surface area contributed by atoms with Crippen LogP contribution >= 0.6 is 0 Å². The van der Waals surface area contributed by atoms with Crippen LogP contribution in [0.2, 0.25) is 0 Å². The first-order valence-corrected chi connectivity index (χ1v) is 11.2. The van der Waals surface area contributed by atoms with Gasteiger partial charge in [0.15, 0.2) is 5.96 Å². The number of likely N-dealkylation sites (tertiary alicyclic amines) is 2. The van der Waals surface area contributed by atoms with E-state index >= 15 is 0 Å². The van der Waals surface area contributed by atoms with Crippen molar-refractivity contribution in [1.82, 2.24) is 20.4 Å². The van der Waals surface area contributed by atoms with Crippen LogP contribution < -0.4 is 10.6 Å². The van der Waals surface area contributed by atoms with E-state index in [0.717, 1.165) is 32.1 Å². The first-order valence-electron chi connectivity index (χ1n) is 11.2. The number of rotatable bonds is 6. The maximum Gasteiger partial charge on any atom is 0.191 e. The predicted octanol–water partition coefficient (Wildman–Crippen LogP) is 3.11. The van der Waals surface area contributed by atoms with E-state index in [9.17, 15) is 0 Å². The van der Waals surface area contributed by atoms with Crippen LogP contribution in [0.5, 0.6) is 0 Å². The van der Waals surface area contributed by atoms with Gasteiger partial charge in [0, 0.05) is 44.8 Å². The molecule has 1 aromatic carbocycles. The monoisotopic (exact) mass is 385 g/mol. The SMILES string of the molecule is CCNC(=NCC1CCCN(C)C1)NC1CCN(C(C)c2ccccc2)CC1. The van der Waals surface area contributed by atoms with E-state index in [2.05, 4.69) is 71.7 Å². The lowest BCUT2D eigenvalue weighted by molar-refractivity contribution is 0.158. The van der Waals surface area contributed by atoms with Crippen LogP contribution in [0, 0.1) is 5.92 Å². The molecule has 0 spiro atoms. The highest BCUT2D eigenvalue weighted by Crippen LogP contribution is 2.24. The van der Waals surface area contributed by atoms with Gasteiger partial charge in [-0.25, -0.2) is 0 Å². The number of piperidine rings is 2. The van der Waals surface area contributed by atoms with E-state index in [-0.39, 0.29) is 0 Å². The normalized spacial score (nSPS) is 24.1. The highest BCUT2D eigenvalue weighted by atomic mass is 15.2. The minimum atomic E-state index is 0.493. The fourth-order valence-electron chi connectivity index (χ4n) is 4.53. The van der Waals surface area contributed by atoms with Crippen LogP contribution in [-0.2, 0) is 0 Å². The van der Waals surface area contributed by atoms with E-state index in [0.29, 0.717) is 18.0 Å². The fraction of sp³-hybridized carbons (Fsp3) is 0.696. The summed E-state index contributed by atoms with van der Waals surface area (Å²) in [4.78, 5) is 9.97. The maximum atomic E-state index is 4.92. The Bertz CT molecular complexity index is 594. The van der Waals surface area contributed by atoms with Gasteiger partial charge in [-0.2, -0.15) is 0 Å². The van der Waals surface area contributed by atoms with Gasteiger partial charge >= 0.3 is 0 Å². The average Bonchev–Trinajstić information content (AvgIpc) is 2.73. The van der Waals surface area contributed by atoms with Crippen molar-refractivity contribution in [3.05, 3.63) is 35.9 Å². The minimum Gasteiger partial charge on any atom is -0.357 e. The van der Waals surface area contributed by atoms with E-state index in [1.54, 1.807) is 0 Å². The molecule has 2 heterocycles. The van der Waals surface area contributed by atoms with Gasteiger partial charge in [-0.1, -0.05) is 30.3 Å². The predicted molar refractivity (Wildman–Crippen MR) is 119 cm³/mol. The molecule has 156 valence electrons. The highest BCUT2D eigenvalue weighted by Gasteiger charge is 2.24. The molecule has 1 aromatic rings. The Hall–Kier alpha value is -1.59. The molecule has 2 atom stereocenters. The molecule has 0 aromatic heterocycles. The third kappa shape index (κ3) is 6.21. The highest BCUT2D eigenvalue weighted by molar-refractivity contribution is 5.80. The molecular formula is C23H39N5. The number of nitrogens with zero attached hydrogens (tertiary/aromatic N) is 3.